The van der Waals surface area contributed by atoms with Crippen LogP contribution in [0.3, 0.4) is 0 Å². The maximum Gasteiger partial charge on any atom is 0.247 e. The Balaban J connectivity index is 1.97. The summed E-state index contributed by atoms with van der Waals surface area (Å²) in [6, 6.07) is 6.30. The summed E-state index contributed by atoms with van der Waals surface area (Å²) in [5, 5.41) is 0. The van der Waals surface area contributed by atoms with Crippen molar-refractivity contribution in [1.29, 1.82) is 0 Å². The highest BCUT2D eigenvalue weighted by Crippen LogP contribution is 2.36. The van der Waals surface area contributed by atoms with Crippen LogP contribution < -0.4 is 9.47 Å². The number of ether oxygens (including phenoxy) is 2. The van der Waals surface area contributed by atoms with Gasteiger partial charge >= 0.3 is 0 Å². The lowest BCUT2D eigenvalue weighted by Gasteiger charge is -2.38. The average molecular weight is 553 g/mol. The van der Waals surface area contributed by atoms with E-state index in [1.807, 2.05) is 41.5 Å². The predicted molar refractivity (Wildman–Crippen MR) is 146 cm³/mol. The normalized spacial score (nSPS) is 18.0. The van der Waals surface area contributed by atoms with Crippen molar-refractivity contribution in [3.8, 4) is 11.5 Å². The molecular formula is C27H40N2O6S2. The average Bonchev–Trinajstić information content (AvgIpc) is 2.82. The van der Waals surface area contributed by atoms with Gasteiger partial charge in [-0.2, -0.15) is 8.61 Å². The number of piperazine rings is 1. The van der Waals surface area contributed by atoms with E-state index in [0.29, 0.717) is 0 Å². The smallest absolute Gasteiger partial charge is 0.247 e. The number of benzene rings is 2. The molecule has 1 heterocycles. The zero-order valence-electron chi connectivity index (χ0n) is 23.3. The van der Waals surface area contributed by atoms with Crippen molar-refractivity contribution in [2.75, 3.05) is 33.9 Å². The number of aryl methyl sites for hydroxylation is 2. The van der Waals surface area contributed by atoms with Crippen molar-refractivity contribution >= 4 is 20.0 Å². The number of methoxy groups -OCH3 is 2. The van der Waals surface area contributed by atoms with E-state index < -0.39 is 26.1 Å². The van der Waals surface area contributed by atoms with Crippen LogP contribution in [0.4, 0.5) is 0 Å². The summed E-state index contributed by atoms with van der Waals surface area (Å²) in [6.07, 6.45) is 0. The predicted octanol–water partition coefficient (Wildman–Crippen LogP) is 4.65. The van der Waals surface area contributed by atoms with Crippen LogP contribution in [0.2, 0.25) is 0 Å². The van der Waals surface area contributed by atoms with E-state index in [4.69, 9.17) is 9.47 Å². The van der Waals surface area contributed by atoms with Crippen molar-refractivity contribution < 1.29 is 26.3 Å². The summed E-state index contributed by atoms with van der Waals surface area (Å²) in [4.78, 5) is 0.212. The first-order chi connectivity index (χ1) is 17.2. The van der Waals surface area contributed by atoms with Gasteiger partial charge in [0.2, 0.25) is 20.0 Å². The highest BCUT2D eigenvalue weighted by molar-refractivity contribution is 7.89. The van der Waals surface area contributed by atoms with Gasteiger partial charge < -0.3 is 9.47 Å². The van der Waals surface area contributed by atoms with Gasteiger partial charge in [-0.05, 0) is 79.1 Å². The minimum absolute atomic E-state index is 0.0286. The molecule has 0 spiro atoms. The van der Waals surface area contributed by atoms with Crippen LogP contribution in [0.1, 0.15) is 68.7 Å². The molecule has 1 aliphatic rings. The Morgan fingerprint density at radius 3 is 1.57 bits per heavy atom. The van der Waals surface area contributed by atoms with E-state index in [9.17, 15) is 16.8 Å². The number of nitrogens with zero attached hydrogens (tertiary/aromatic N) is 2. The molecule has 0 unspecified atom stereocenters. The Bertz CT molecular complexity index is 1370. The van der Waals surface area contributed by atoms with E-state index >= 15 is 0 Å². The Morgan fingerprint density at radius 1 is 0.757 bits per heavy atom. The van der Waals surface area contributed by atoms with E-state index in [1.165, 1.54) is 22.8 Å². The van der Waals surface area contributed by atoms with Crippen molar-refractivity contribution in [3.63, 3.8) is 0 Å². The van der Waals surface area contributed by atoms with Gasteiger partial charge in [0.05, 0.1) is 14.2 Å². The molecule has 0 radical (unpaired) electrons. The molecule has 1 aliphatic heterocycles. The van der Waals surface area contributed by atoms with E-state index in [1.54, 1.807) is 31.2 Å². The molecule has 1 fully saturated rings. The molecular weight excluding hydrogens is 512 g/mol. The lowest BCUT2D eigenvalue weighted by molar-refractivity contribution is 0.211. The van der Waals surface area contributed by atoms with Crippen LogP contribution in [0.25, 0.3) is 0 Å². The molecule has 206 valence electrons. The van der Waals surface area contributed by atoms with Crippen molar-refractivity contribution in [2.24, 2.45) is 0 Å². The molecule has 8 nitrogen and oxygen atoms in total. The molecule has 3 rings (SSSR count). The molecule has 2 aromatic rings. The second-order valence-corrected chi connectivity index (χ2v) is 14.1. The molecule has 37 heavy (non-hydrogen) atoms. The van der Waals surface area contributed by atoms with Crippen molar-refractivity contribution in [1.82, 2.24) is 8.61 Å². The van der Waals surface area contributed by atoms with Crippen molar-refractivity contribution in [3.05, 3.63) is 46.5 Å². The first-order valence-electron chi connectivity index (χ1n) is 12.6. The topological polar surface area (TPSA) is 93.2 Å². The third-order valence-corrected chi connectivity index (χ3v) is 11.0. The summed E-state index contributed by atoms with van der Waals surface area (Å²) in [7, 11) is -4.94. The van der Waals surface area contributed by atoms with Gasteiger partial charge in [-0.1, -0.05) is 27.7 Å². The molecule has 2 aromatic carbocycles. The molecule has 1 atom stereocenters. The SMILES string of the molecule is COc1cc(C)c(C(C)C)cc1S(=O)(=O)N1CCN(S(=O)(=O)c2cc(C(C)C)c(C)cc2OC)[C@H](C)C1. The molecule has 0 saturated carbocycles. The molecule has 0 bridgehead atoms. The van der Waals surface area contributed by atoms with Gasteiger partial charge in [0.1, 0.15) is 21.3 Å². The fourth-order valence-electron chi connectivity index (χ4n) is 5.07. The summed E-state index contributed by atoms with van der Waals surface area (Å²) in [5.41, 5.74) is 3.78. The number of rotatable bonds is 8. The monoisotopic (exact) mass is 552 g/mol. The van der Waals surface area contributed by atoms with E-state index in [2.05, 4.69) is 0 Å². The Hall–Kier alpha value is -2.14. The minimum atomic E-state index is -3.93. The highest BCUT2D eigenvalue weighted by atomic mass is 32.2. The molecule has 0 amide bonds. The summed E-state index contributed by atoms with van der Waals surface area (Å²) in [6.45, 7) is 13.8. The highest BCUT2D eigenvalue weighted by Gasteiger charge is 2.40. The number of sulfonamides is 2. The van der Waals surface area contributed by atoms with E-state index in [0.717, 1.165) is 22.3 Å². The number of hydrogen-bond acceptors (Lipinski definition) is 6. The lowest BCUT2D eigenvalue weighted by Crippen LogP contribution is -2.55. The molecule has 10 heteroatoms. The van der Waals surface area contributed by atoms with Crippen LogP contribution in [-0.2, 0) is 20.0 Å². The Labute approximate surface area is 222 Å². The minimum Gasteiger partial charge on any atom is -0.495 e. The zero-order chi connectivity index (χ0) is 27.9. The first kappa shape index (κ1) is 29.4. The fraction of sp³-hybridized carbons (Fsp3) is 0.556. The molecule has 0 N–H and O–H groups in total. The zero-order valence-corrected chi connectivity index (χ0v) is 25.0. The third kappa shape index (κ3) is 5.53. The standard InChI is InChI=1S/C27H40N2O6S2/c1-17(2)22-14-26(24(34-8)12-19(22)5)36(30,31)28-10-11-29(21(7)16-28)37(32,33)27-15-23(18(3)4)20(6)13-25(27)35-9/h12-15,17-18,21H,10-11,16H2,1-9H3/t21-/m1/s1. The molecule has 1 saturated heterocycles. The van der Waals surface area contributed by atoms with Gasteiger partial charge in [0.25, 0.3) is 0 Å². The van der Waals surface area contributed by atoms with Crippen LogP contribution in [0.15, 0.2) is 34.1 Å². The lowest BCUT2D eigenvalue weighted by atomic mass is 9.98. The van der Waals surface area contributed by atoms with Gasteiger partial charge in [0, 0.05) is 25.7 Å². The Morgan fingerprint density at radius 2 is 1.19 bits per heavy atom. The molecule has 0 aliphatic carbocycles. The second-order valence-electron chi connectivity index (χ2n) is 10.4. The van der Waals surface area contributed by atoms with Crippen LogP contribution in [0, 0.1) is 13.8 Å². The van der Waals surface area contributed by atoms with Crippen LogP contribution in [0.5, 0.6) is 11.5 Å². The largest absolute Gasteiger partial charge is 0.495 e. The Kier molecular flexibility index (Phi) is 8.68. The number of hydrogen-bond donors (Lipinski definition) is 0. The van der Waals surface area contributed by atoms with Gasteiger partial charge in [0.15, 0.2) is 0 Å². The third-order valence-electron chi connectivity index (χ3n) is 7.08. The van der Waals surface area contributed by atoms with Crippen LogP contribution in [-0.4, -0.2) is 65.3 Å². The molecule has 0 aromatic heterocycles. The maximum atomic E-state index is 13.8. The maximum absolute atomic E-state index is 13.8. The fourth-order valence-corrected chi connectivity index (χ4v) is 8.54. The first-order valence-corrected chi connectivity index (χ1v) is 15.4. The summed E-state index contributed by atoms with van der Waals surface area (Å²) >= 11 is 0. The van der Waals surface area contributed by atoms with Crippen LogP contribution >= 0.6 is 0 Å². The van der Waals surface area contributed by atoms with Gasteiger partial charge in [-0.3, -0.25) is 0 Å². The quantitative estimate of drug-likeness (QED) is 0.473. The van der Waals surface area contributed by atoms with E-state index in [-0.39, 0.29) is 52.8 Å². The summed E-state index contributed by atoms with van der Waals surface area (Å²) < 4.78 is 68.7. The van der Waals surface area contributed by atoms with Gasteiger partial charge in [-0.25, -0.2) is 16.8 Å². The second kappa shape index (κ2) is 10.9. The van der Waals surface area contributed by atoms with Gasteiger partial charge in [-0.15, -0.1) is 0 Å². The summed E-state index contributed by atoms with van der Waals surface area (Å²) in [5.74, 6) is 0.852. The van der Waals surface area contributed by atoms with Crippen molar-refractivity contribution in [2.45, 2.75) is 76.1 Å².